The molecule has 0 aliphatic carbocycles. The van der Waals surface area contributed by atoms with Crippen molar-refractivity contribution < 1.29 is 4.74 Å². The van der Waals surface area contributed by atoms with Gasteiger partial charge in [-0.3, -0.25) is 0 Å². The normalized spacial score (nSPS) is 25.1. The zero-order valence-corrected chi connectivity index (χ0v) is 12.4. The number of hydrogen-bond donors (Lipinski definition) is 1. The molecule has 19 heavy (non-hydrogen) atoms. The van der Waals surface area contributed by atoms with Gasteiger partial charge in [0.1, 0.15) is 0 Å². The first-order valence-electron chi connectivity index (χ1n) is 7.49. The molecular formula is C15H27N3O. The van der Waals surface area contributed by atoms with Crippen molar-refractivity contribution in [3.63, 3.8) is 0 Å². The minimum atomic E-state index is 0.393. The van der Waals surface area contributed by atoms with Gasteiger partial charge in [0.15, 0.2) is 0 Å². The summed E-state index contributed by atoms with van der Waals surface area (Å²) in [7, 11) is 0. The van der Waals surface area contributed by atoms with Gasteiger partial charge in [-0.1, -0.05) is 20.8 Å². The Morgan fingerprint density at radius 2 is 2.32 bits per heavy atom. The number of hydrogen-bond acceptors (Lipinski definition) is 3. The third-order valence-electron chi connectivity index (χ3n) is 4.36. The molecule has 0 spiro atoms. The molecule has 1 aromatic heterocycles. The molecule has 4 nitrogen and oxygen atoms in total. The molecule has 0 radical (unpaired) electrons. The van der Waals surface area contributed by atoms with Crippen LogP contribution in [0.1, 0.15) is 45.2 Å². The van der Waals surface area contributed by atoms with Crippen LogP contribution in [0.15, 0.2) is 12.5 Å². The van der Waals surface area contributed by atoms with Crippen LogP contribution in [0.3, 0.4) is 0 Å². The van der Waals surface area contributed by atoms with Gasteiger partial charge in [-0.15, -0.1) is 0 Å². The predicted molar refractivity (Wildman–Crippen MR) is 77.0 cm³/mol. The van der Waals surface area contributed by atoms with Crippen molar-refractivity contribution in [3.8, 4) is 0 Å². The summed E-state index contributed by atoms with van der Waals surface area (Å²) in [5, 5.41) is 0. The maximum absolute atomic E-state index is 5.93. The van der Waals surface area contributed by atoms with Gasteiger partial charge in [0.25, 0.3) is 0 Å². The minimum absolute atomic E-state index is 0.393. The van der Waals surface area contributed by atoms with E-state index in [0.29, 0.717) is 30.4 Å². The molecule has 0 bridgehead atoms. The highest BCUT2D eigenvalue weighted by atomic mass is 16.5. The molecule has 0 aromatic carbocycles. The molecular weight excluding hydrogens is 238 g/mol. The van der Waals surface area contributed by atoms with Crippen LogP contribution < -0.4 is 5.73 Å². The number of aromatic nitrogens is 2. The fourth-order valence-corrected chi connectivity index (χ4v) is 3.13. The first kappa shape index (κ1) is 14.5. The molecule has 1 aliphatic rings. The van der Waals surface area contributed by atoms with Crippen LogP contribution in [-0.2, 0) is 11.3 Å². The van der Waals surface area contributed by atoms with Crippen molar-refractivity contribution in [2.75, 3.05) is 13.2 Å². The van der Waals surface area contributed by atoms with E-state index in [0.717, 1.165) is 26.0 Å². The number of nitrogens with two attached hydrogens (primary N) is 1. The van der Waals surface area contributed by atoms with Crippen LogP contribution in [0, 0.1) is 11.8 Å². The highest BCUT2D eigenvalue weighted by Gasteiger charge is 2.28. The summed E-state index contributed by atoms with van der Waals surface area (Å²) in [6, 6.07) is 0. The van der Waals surface area contributed by atoms with E-state index in [9.17, 15) is 0 Å². The predicted octanol–water partition coefficient (Wildman–Crippen LogP) is 2.40. The second-order valence-corrected chi connectivity index (χ2v) is 5.92. The Balaban J connectivity index is 2.11. The van der Waals surface area contributed by atoms with Crippen LogP contribution in [0.25, 0.3) is 0 Å². The molecule has 2 heterocycles. The third kappa shape index (κ3) is 3.18. The molecule has 1 aromatic rings. The molecule has 1 saturated heterocycles. The van der Waals surface area contributed by atoms with Crippen molar-refractivity contribution in [1.82, 2.24) is 9.55 Å². The first-order chi connectivity index (χ1) is 9.17. The van der Waals surface area contributed by atoms with Gasteiger partial charge >= 0.3 is 0 Å². The van der Waals surface area contributed by atoms with Crippen molar-refractivity contribution in [2.24, 2.45) is 17.6 Å². The van der Waals surface area contributed by atoms with Crippen LogP contribution in [0.2, 0.25) is 0 Å². The van der Waals surface area contributed by atoms with Gasteiger partial charge in [0.05, 0.1) is 12.4 Å². The number of imidazole rings is 1. The SMILES string of the molecule is CCC1OCCC1Cn1cncc1C(CN)C(C)C. The fraction of sp³-hybridized carbons (Fsp3) is 0.800. The zero-order chi connectivity index (χ0) is 13.8. The second kappa shape index (κ2) is 6.53. The smallest absolute Gasteiger partial charge is 0.0948 e. The van der Waals surface area contributed by atoms with E-state index in [-0.39, 0.29) is 0 Å². The molecule has 2 N–H and O–H groups in total. The van der Waals surface area contributed by atoms with E-state index < -0.39 is 0 Å². The summed E-state index contributed by atoms with van der Waals surface area (Å²) in [5.74, 6) is 1.55. The van der Waals surface area contributed by atoms with Gasteiger partial charge in [-0.25, -0.2) is 4.98 Å². The quantitative estimate of drug-likeness (QED) is 0.859. The lowest BCUT2D eigenvalue weighted by Gasteiger charge is -2.23. The second-order valence-electron chi connectivity index (χ2n) is 5.92. The molecule has 1 aliphatic heterocycles. The van der Waals surface area contributed by atoms with E-state index >= 15 is 0 Å². The summed E-state index contributed by atoms with van der Waals surface area (Å²) in [4.78, 5) is 4.33. The Bertz CT molecular complexity index is 388. The maximum Gasteiger partial charge on any atom is 0.0948 e. The Hall–Kier alpha value is -0.870. The Morgan fingerprint density at radius 1 is 1.53 bits per heavy atom. The van der Waals surface area contributed by atoms with Crippen LogP contribution in [0.4, 0.5) is 0 Å². The minimum Gasteiger partial charge on any atom is -0.378 e. The zero-order valence-electron chi connectivity index (χ0n) is 12.4. The van der Waals surface area contributed by atoms with E-state index in [1.54, 1.807) is 0 Å². The molecule has 108 valence electrons. The summed E-state index contributed by atoms with van der Waals surface area (Å²) in [6.07, 6.45) is 6.59. The number of rotatable bonds is 6. The van der Waals surface area contributed by atoms with Gasteiger partial charge in [-0.05, 0) is 18.8 Å². The summed E-state index contributed by atoms with van der Waals surface area (Å²) in [6.45, 7) is 9.25. The molecule has 1 fully saturated rings. The topological polar surface area (TPSA) is 53.1 Å². The fourth-order valence-electron chi connectivity index (χ4n) is 3.13. The van der Waals surface area contributed by atoms with Crippen molar-refractivity contribution >= 4 is 0 Å². The molecule has 4 heteroatoms. The lowest BCUT2D eigenvalue weighted by atomic mass is 9.92. The molecule has 3 unspecified atom stereocenters. The molecule has 0 amide bonds. The first-order valence-corrected chi connectivity index (χ1v) is 7.49. The lowest BCUT2D eigenvalue weighted by molar-refractivity contribution is 0.0832. The average molecular weight is 265 g/mol. The number of ether oxygens (including phenoxy) is 1. The van der Waals surface area contributed by atoms with Gasteiger partial charge in [0, 0.05) is 43.4 Å². The summed E-state index contributed by atoms with van der Waals surface area (Å²) in [5.41, 5.74) is 7.21. The molecule has 2 rings (SSSR count). The highest BCUT2D eigenvalue weighted by molar-refractivity contribution is 5.08. The van der Waals surface area contributed by atoms with E-state index in [4.69, 9.17) is 10.5 Å². The monoisotopic (exact) mass is 265 g/mol. The van der Waals surface area contributed by atoms with Crippen molar-refractivity contribution in [2.45, 2.75) is 52.2 Å². The van der Waals surface area contributed by atoms with Gasteiger partial charge in [-0.2, -0.15) is 0 Å². The van der Waals surface area contributed by atoms with Gasteiger partial charge in [0.2, 0.25) is 0 Å². The average Bonchev–Trinajstić information content (AvgIpc) is 3.00. The maximum atomic E-state index is 5.93. The Morgan fingerprint density at radius 3 is 2.95 bits per heavy atom. The van der Waals surface area contributed by atoms with Crippen molar-refractivity contribution in [1.29, 1.82) is 0 Å². The summed E-state index contributed by atoms with van der Waals surface area (Å²) < 4.78 is 8.07. The van der Waals surface area contributed by atoms with Crippen LogP contribution >= 0.6 is 0 Å². The molecule has 0 saturated carbocycles. The number of nitrogens with zero attached hydrogens (tertiary/aromatic N) is 2. The summed E-state index contributed by atoms with van der Waals surface area (Å²) >= 11 is 0. The van der Waals surface area contributed by atoms with Gasteiger partial charge < -0.3 is 15.0 Å². The van der Waals surface area contributed by atoms with E-state index in [1.165, 1.54) is 5.69 Å². The standard InChI is InChI=1S/C15H27N3O/c1-4-15-12(5-6-19-15)9-18-10-17-8-14(18)13(7-16)11(2)3/h8,10-13,15H,4-7,9,16H2,1-3H3. The largest absolute Gasteiger partial charge is 0.378 e. The van der Waals surface area contributed by atoms with E-state index in [2.05, 4.69) is 30.3 Å². The van der Waals surface area contributed by atoms with Crippen LogP contribution in [0.5, 0.6) is 0 Å². The van der Waals surface area contributed by atoms with Crippen molar-refractivity contribution in [3.05, 3.63) is 18.2 Å². The van der Waals surface area contributed by atoms with E-state index in [1.807, 2.05) is 12.5 Å². The van der Waals surface area contributed by atoms with Crippen LogP contribution in [-0.4, -0.2) is 28.8 Å². The Labute approximate surface area is 116 Å². The molecule has 3 atom stereocenters. The Kier molecular flexibility index (Phi) is 4.99. The third-order valence-corrected chi connectivity index (χ3v) is 4.36. The lowest BCUT2D eigenvalue weighted by Crippen LogP contribution is -2.25. The highest BCUT2D eigenvalue weighted by Crippen LogP contribution is 2.28.